The maximum Gasteiger partial charge on any atom is 0.224 e. The molecule has 0 spiro atoms. The van der Waals surface area contributed by atoms with E-state index < -0.39 is 0 Å². The first-order valence-electron chi connectivity index (χ1n) is 9.59. The molecule has 0 saturated carbocycles. The fraction of sp³-hybridized carbons (Fsp3) is 0.722. The maximum absolute atomic E-state index is 12.5. The molecular formula is C18H29N5O3S. The Morgan fingerprint density at radius 2 is 2.19 bits per heavy atom. The summed E-state index contributed by atoms with van der Waals surface area (Å²) < 4.78 is 7.32. The Morgan fingerprint density at radius 3 is 2.93 bits per heavy atom. The van der Waals surface area contributed by atoms with Crippen molar-refractivity contribution in [2.75, 3.05) is 58.2 Å². The zero-order chi connectivity index (χ0) is 19.1. The fourth-order valence-corrected chi connectivity index (χ4v) is 4.17. The maximum atomic E-state index is 12.5. The molecule has 1 aromatic heterocycles. The van der Waals surface area contributed by atoms with Gasteiger partial charge in [0.1, 0.15) is 0 Å². The minimum Gasteiger partial charge on any atom is -0.379 e. The lowest BCUT2D eigenvalue weighted by Crippen LogP contribution is -2.49. The number of hydrogen-bond acceptors (Lipinski definition) is 6. The van der Waals surface area contributed by atoms with Crippen LogP contribution >= 0.6 is 11.8 Å². The number of carbonyl (C=O) groups is 2. The van der Waals surface area contributed by atoms with Gasteiger partial charge in [-0.2, -0.15) is 0 Å². The number of hydrogen-bond donors (Lipinski definition) is 1. The van der Waals surface area contributed by atoms with Crippen molar-refractivity contribution >= 4 is 23.6 Å². The van der Waals surface area contributed by atoms with Gasteiger partial charge in [-0.1, -0.05) is 11.8 Å². The lowest BCUT2D eigenvalue weighted by molar-refractivity contribution is -0.138. The number of aromatic nitrogens is 2. The third-order valence-electron chi connectivity index (χ3n) is 5.07. The van der Waals surface area contributed by atoms with Gasteiger partial charge in [0, 0.05) is 70.9 Å². The summed E-state index contributed by atoms with van der Waals surface area (Å²) in [5.41, 5.74) is 0. The molecule has 3 rings (SSSR count). The summed E-state index contributed by atoms with van der Waals surface area (Å²) >= 11 is 1.62. The van der Waals surface area contributed by atoms with Crippen molar-refractivity contribution in [3.8, 4) is 0 Å². The Labute approximate surface area is 164 Å². The zero-order valence-electron chi connectivity index (χ0n) is 15.9. The number of ether oxygens (including phenoxy) is 1. The highest BCUT2D eigenvalue weighted by atomic mass is 32.2. The van der Waals surface area contributed by atoms with E-state index in [9.17, 15) is 9.59 Å². The third kappa shape index (κ3) is 5.95. The molecule has 0 radical (unpaired) electrons. The van der Waals surface area contributed by atoms with Crippen LogP contribution in [0, 0.1) is 5.92 Å². The summed E-state index contributed by atoms with van der Waals surface area (Å²) in [7, 11) is 1.96. The van der Waals surface area contributed by atoms with Crippen LogP contribution in [0.15, 0.2) is 17.6 Å². The highest BCUT2D eigenvalue weighted by molar-refractivity contribution is 7.99. The predicted octanol–water partition coefficient (Wildman–Crippen LogP) is 0.199. The number of likely N-dealkylation sites (tertiary alicyclic amines) is 1. The molecule has 1 N–H and O–H groups in total. The molecule has 3 heterocycles. The van der Waals surface area contributed by atoms with Gasteiger partial charge in [0.05, 0.1) is 19.1 Å². The van der Waals surface area contributed by atoms with Gasteiger partial charge >= 0.3 is 0 Å². The Morgan fingerprint density at radius 1 is 1.37 bits per heavy atom. The molecule has 0 aromatic carbocycles. The molecule has 1 aromatic rings. The molecule has 0 unspecified atom stereocenters. The number of imidazole rings is 1. The van der Waals surface area contributed by atoms with Crippen LogP contribution in [0.25, 0.3) is 0 Å². The summed E-state index contributed by atoms with van der Waals surface area (Å²) in [6.45, 7) is 6.03. The van der Waals surface area contributed by atoms with E-state index >= 15 is 0 Å². The number of thioether (sulfide) groups is 1. The normalized spacial score (nSPS) is 21.4. The van der Waals surface area contributed by atoms with E-state index in [-0.39, 0.29) is 17.7 Å². The number of nitrogens with one attached hydrogen (secondary N) is 1. The van der Waals surface area contributed by atoms with Crippen LogP contribution in [0.2, 0.25) is 0 Å². The van der Waals surface area contributed by atoms with E-state index in [4.69, 9.17) is 4.74 Å². The number of rotatable bonds is 8. The highest BCUT2D eigenvalue weighted by Gasteiger charge is 2.30. The minimum atomic E-state index is -0.106. The summed E-state index contributed by atoms with van der Waals surface area (Å²) in [4.78, 5) is 33.1. The number of nitrogens with zero attached hydrogens (tertiary/aromatic N) is 4. The molecule has 9 heteroatoms. The van der Waals surface area contributed by atoms with Gasteiger partial charge in [0.15, 0.2) is 5.16 Å². The second kappa shape index (κ2) is 10.1. The van der Waals surface area contributed by atoms with Gasteiger partial charge in [-0.3, -0.25) is 14.5 Å². The van der Waals surface area contributed by atoms with Crippen LogP contribution in [0.5, 0.6) is 0 Å². The first-order valence-corrected chi connectivity index (χ1v) is 10.6. The lowest BCUT2D eigenvalue weighted by atomic mass is 9.96. The highest BCUT2D eigenvalue weighted by Crippen LogP contribution is 2.18. The van der Waals surface area contributed by atoms with Crippen LogP contribution in [-0.2, 0) is 21.4 Å². The van der Waals surface area contributed by atoms with Gasteiger partial charge in [-0.15, -0.1) is 0 Å². The standard InChI is InChI=1S/C18H29N5O3S/c1-21-6-4-20-18(21)27-13-5-19-17(25)15-2-3-16(24)23(14-15)8-7-22-9-11-26-12-10-22/h4,6,15H,2-3,5,7-14H2,1H3,(H,19,25)/t15-/m0/s1. The van der Waals surface area contributed by atoms with Crippen molar-refractivity contribution in [3.05, 3.63) is 12.4 Å². The summed E-state index contributed by atoms with van der Waals surface area (Å²) in [5.74, 6) is 0.894. The quantitative estimate of drug-likeness (QED) is 0.500. The number of carbonyl (C=O) groups excluding carboxylic acids is 2. The van der Waals surface area contributed by atoms with Gasteiger partial charge in [0.2, 0.25) is 11.8 Å². The van der Waals surface area contributed by atoms with E-state index in [0.29, 0.717) is 32.5 Å². The van der Waals surface area contributed by atoms with Gasteiger partial charge in [-0.05, 0) is 6.42 Å². The van der Waals surface area contributed by atoms with Crippen molar-refractivity contribution in [3.63, 3.8) is 0 Å². The fourth-order valence-electron chi connectivity index (χ4n) is 3.38. The van der Waals surface area contributed by atoms with Crippen LogP contribution in [0.4, 0.5) is 0 Å². The first kappa shape index (κ1) is 20.2. The smallest absolute Gasteiger partial charge is 0.224 e. The van der Waals surface area contributed by atoms with Crippen LogP contribution in [0.1, 0.15) is 12.8 Å². The molecule has 1 atom stereocenters. The molecule has 2 amide bonds. The first-order chi connectivity index (χ1) is 13.1. The number of amides is 2. The molecule has 27 heavy (non-hydrogen) atoms. The molecule has 2 fully saturated rings. The minimum absolute atomic E-state index is 0.0549. The van der Waals surface area contributed by atoms with Crippen LogP contribution < -0.4 is 5.32 Å². The molecule has 150 valence electrons. The Kier molecular flexibility index (Phi) is 7.54. The van der Waals surface area contributed by atoms with Crippen LogP contribution in [-0.4, -0.2) is 89.4 Å². The average Bonchev–Trinajstić information content (AvgIpc) is 3.10. The molecule has 0 aliphatic carbocycles. The van der Waals surface area contributed by atoms with Gasteiger partial charge in [-0.25, -0.2) is 4.98 Å². The second-order valence-corrected chi connectivity index (χ2v) is 8.05. The summed E-state index contributed by atoms with van der Waals surface area (Å²) in [6, 6.07) is 0. The van der Waals surface area contributed by atoms with E-state index in [1.165, 1.54) is 0 Å². The zero-order valence-corrected chi connectivity index (χ0v) is 16.7. The van der Waals surface area contributed by atoms with Gasteiger partial charge < -0.3 is 19.5 Å². The van der Waals surface area contributed by atoms with Crippen molar-refractivity contribution in [2.45, 2.75) is 18.0 Å². The third-order valence-corrected chi connectivity index (χ3v) is 6.13. The molecule has 8 nitrogen and oxygen atoms in total. The number of morpholine rings is 1. The van der Waals surface area contributed by atoms with E-state index in [1.54, 1.807) is 18.0 Å². The second-order valence-electron chi connectivity index (χ2n) is 6.99. The Hall–Kier alpha value is -1.58. The summed E-state index contributed by atoms with van der Waals surface area (Å²) in [5, 5.41) is 3.96. The molecule has 2 saturated heterocycles. The van der Waals surface area contributed by atoms with E-state index in [1.807, 2.05) is 22.7 Å². The number of aryl methyl sites for hydroxylation is 1. The van der Waals surface area contributed by atoms with Crippen LogP contribution in [0.3, 0.4) is 0 Å². The monoisotopic (exact) mass is 395 g/mol. The van der Waals surface area contributed by atoms with Crippen molar-refractivity contribution in [1.29, 1.82) is 0 Å². The van der Waals surface area contributed by atoms with E-state index in [0.717, 1.165) is 43.8 Å². The van der Waals surface area contributed by atoms with E-state index in [2.05, 4.69) is 15.2 Å². The van der Waals surface area contributed by atoms with Crippen molar-refractivity contribution < 1.29 is 14.3 Å². The van der Waals surface area contributed by atoms with Crippen molar-refractivity contribution in [1.82, 2.24) is 24.7 Å². The Bertz CT molecular complexity index is 632. The predicted molar refractivity (Wildman–Crippen MR) is 104 cm³/mol. The van der Waals surface area contributed by atoms with Gasteiger partial charge in [0.25, 0.3) is 0 Å². The molecule has 2 aliphatic rings. The lowest BCUT2D eigenvalue weighted by Gasteiger charge is -2.34. The van der Waals surface area contributed by atoms with Crippen molar-refractivity contribution in [2.24, 2.45) is 13.0 Å². The molecule has 2 aliphatic heterocycles. The average molecular weight is 396 g/mol. The topological polar surface area (TPSA) is 79.7 Å². The molecular weight excluding hydrogens is 366 g/mol. The SMILES string of the molecule is Cn1ccnc1SCCNC(=O)[C@H]1CCC(=O)N(CCN2CCOCC2)C1. The largest absolute Gasteiger partial charge is 0.379 e. The number of piperidine rings is 1. The summed E-state index contributed by atoms with van der Waals surface area (Å²) in [6.07, 6.45) is 4.78. The molecule has 0 bridgehead atoms. The Balaban J connectivity index is 1.37.